The number of thiophene rings is 2. The number of amides is 1. The van der Waals surface area contributed by atoms with E-state index in [0.717, 1.165) is 15.8 Å². The molecule has 0 spiro atoms. The molecular weight excluding hydrogens is 312 g/mol. The summed E-state index contributed by atoms with van der Waals surface area (Å²) in [5.74, 6) is 0.0942. The van der Waals surface area contributed by atoms with E-state index in [2.05, 4.69) is 11.4 Å². The molecule has 0 aliphatic carbocycles. The number of halogens is 1. The van der Waals surface area contributed by atoms with Crippen LogP contribution in [-0.2, 0) is 4.79 Å². The Morgan fingerprint density at radius 3 is 2.75 bits per heavy atom. The molecular formula is C14H17ClN2OS2. The summed E-state index contributed by atoms with van der Waals surface area (Å²) in [7, 11) is 1.81. The Morgan fingerprint density at radius 2 is 2.20 bits per heavy atom. The van der Waals surface area contributed by atoms with Crippen molar-refractivity contribution >= 4 is 40.2 Å². The van der Waals surface area contributed by atoms with Gasteiger partial charge in [-0.3, -0.25) is 10.1 Å². The molecule has 108 valence electrons. The molecule has 2 heterocycles. The first kappa shape index (κ1) is 15.5. The van der Waals surface area contributed by atoms with Gasteiger partial charge in [-0.1, -0.05) is 17.7 Å². The molecule has 0 aromatic carbocycles. The quantitative estimate of drug-likeness (QED) is 0.878. The highest BCUT2D eigenvalue weighted by atomic mass is 35.5. The molecule has 3 nitrogen and oxygen atoms in total. The van der Waals surface area contributed by atoms with Gasteiger partial charge in [0.05, 0.1) is 16.9 Å². The second kappa shape index (κ2) is 7.22. The van der Waals surface area contributed by atoms with Crippen LogP contribution in [0.2, 0.25) is 4.34 Å². The highest BCUT2D eigenvalue weighted by Gasteiger charge is 2.18. The monoisotopic (exact) mass is 328 g/mol. The number of hydrogen-bond acceptors (Lipinski definition) is 4. The smallest absolute Gasteiger partial charge is 0.236 e. The number of rotatable bonds is 6. The fraction of sp³-hybridized carbons (Fsp3) is 0.357. The predicted octanol–water partition coefficient (Wildman–Crippen LogP) is 3.62. The number of hydrogen-bond donors (Lipinski definition) is 1. The summed E-state index contributed by atoms with van der Waals surface area (Å²) in [6.45, 7) is 3.01. The zero-order valence-corrected chi connectivity index (χ0v) is 13.8. The van der Waals surface area contributed by atoms with Crippen LogP contribution in [0.15, 0.2) is 29.6 Å². The second-order valence-corrected chi connectivity index (χ2v) is 7.11. The van der Waals surface area contributed by atoms with Crippen LogP contribution in [-0.4, -0.2) is 30.9 Å². The largest absolute Gasteiger partial charge is 0.345 e. The molecule has 0 aliphatic heterocycles. The van der Waals surface area contributed by atoms with Crippen LogP contribution in [0.4, 0.5) is 0 Å². The molecule has 0 saturated heterocycles. The van der Waals surface area contributed by atoms with Crippen molar-refractivity contribution in [1.29, 1.82) is 0 Å². The number of likely N-dealkylation sites (N-methyl/N-ethyl adjacent to an activating group) is 1. The molecule has 2 aromatic heterocycles. The van der Waals surface area contributed by atoms with Crippen molar-refractivity contribution in [3.05, 3.63) is 43.7 Å². The van der Waals surface area contributed by atoms with E-state index in [1.807, 2.05) is 37.6 Å². The third-order valence-corrected chi connectivity index (χ3v) is 5.30. The van der Waals surface area contributed by atoms with Crippen molar-refractivity contribution in [3.63, 3.8) is 0 Å². The summed E-state index contributed by atoms with van der Waals surface area (Å²) in [6, 6.07) is 8.03. The number of carbonyl (C=O) groups excluding carboxylic acids is 1. The molecule has 1 unspecified atom stereocenters. The third kappa shape index (κ3) is 3.82. The Kier molecular flexibility index (Phi) is 5.60. The van der Waals surface area contributed by atoms with Gasteiger partial charge in [-0.2, -0.15) is 0 Å². The molecule has 0 aliphatic rings. The van der Waals surface area contributed by atoms with Crippen LogP contribution >= 0.6 is 34.3 Å². The van der Waals surface area contributed by atoms with Crippen LogP contribution in [0.5, 0.6) is 0 Å². The van der Waals surface area contributed by atoms with E-state index < -0.39 is 0 Å². The van der Waals surface area contributed by atoms with Gasteiger partial charge in [-0.15, -0.1) is 22.7 Å². The van der Waals surface area contributed by atoms with E-state index in [0.29, 0.717) is 6.54 Å². The Hall–Kier alpha value is -0.880. The molecule has 0 saturated carbocycles. The Morgan fingerprint density at radius 1 is 1.40 bits per heavy atom. The lowest BCUT2D eigenvalue weighted by atomic mass is 10.2. The Bertz CT molecular complexity index is 553. The number of carbonyl (C=O) groups is 1. The first-order chi connectivity index (χ1) is 9.61. The summed E-state index contributed by atoms with van der Waals surface area (Å²) in [4.78, 5) is 16.0. The van der Waals surface area contributed by atoms with E-state index in [1.165, 1.54) is 4.88 Å². The molecule has 1 atom stereocenters. The van der Waals surface area contributed by atoms with Gasteiger partial charge in [0.2, 0.25) is 5.91 Å². The van der Waals surface area contributed by atoms with E-state index in [4.69, 9.17) is 11.6 Å². The van der Waals surface area contributed by atoms with Gasteiger partial charge in [0.15, 0.2) is 0 Å². The summed E-state index contributed by atoms with van der Waals surface area (Å²) in [5.41, 5.74) is 0. The van der Waals surface area contributed by atoms with Crippen molar-refractivity contribution in [2.45, 2.75) is 13.0 Å². The average Bonchev–Trinajstić information content (AvgIpc) is 3.10. The molecule has 1 N–H and O–H groups in total. The molecule has 0 radical (unpaired) electrons. The minimum absolute atomic E-state index is 0.0294. The lowest BCUT2D eigenvalue weighted by molar-refractivity contribution is -0.128. The van der Waals surface area contributed by atoms with Gasteiger partial charge >= 0.3 is 0 Å². The van der Waals surface area contributed by atoms with Crippen LogP contribution in [0.3, 0.4) is 0 Å². The Balaban J connectivity index is 2.10. The third-order valence-electron chi connectivity index (χ3n) is 3.06. The summed E-state index contributed by atoms with van der Waals surface area (Å²) in [5, 5.41) is 5.38. The first-order valence-corrected chi connectivity index (χ1v) is 8.45. The standard InChI is InChI=1S/C14H17ClN2OS2/c1-3-17(2)13(18)9-16-14(10-5-4-8-19-10)11-6-7-12(15)20-11/h4-8,14,16H,3,9H2,1-2H3. The van der Waals surface area contributed by atoms with Crippen molar-refractivity contribution in [3.8, 4) is 0 Å². The van der Waals surface area contributed by atoms with E-state index in [-0.39, 0.29) is 11.9 Å². The predicted molar refractivity (Wildman–Crippen MR) is 86.8 cm³/mol. The summed E-state index contributed by atoms with van der Waals surface area (Å²) < 4.78 is 0.764. The second-order valence-electron chi connectivity index (χ2n) is 4.38. The fourth-order valence-corrected chi connectivity index (χ4v) is 3.83. The van der Waals surface area contributed by atoms with Crippen LogP contribution in [0.1, 0.15) is 22.7 Å². The number of nitrogens with one attached hydrogen (secondary N) is 1. The molecule has 2 rings (SSSR count). The maximum absolute atomic E-state index is 11.9. The van der Waals surface area contributed by atoms with Crippen molar-refractivity contribution in [2.75, 3.05) is 20.1 Å². The Labute approximate surface area is 132 Å². The highest BCUT2D eigenvalue weighted by Crippen LogP contribution is 2.32. The van der Waals surface area contributed by atoms with Gasteiger partial charge < -0.3 is 4.90 Å². The maximum atomic E-state index is 11.9. The zero-order chi connectivity index (χ0) is 14.5. The van der Waals surface area contributed by atoms with E-state index >= 15 is 0 Å². The normalized spacial score (nSPS) is 12.3. The van der Waals surface area contributed by atoms with E-state index in [9.17, 15) is 4.79 Å². The van der Waals surface area contributed by atoms with Crippen molar-refractivity contribution in [2.24, 2.45) is 0 Å². The minimum atomic E-state index is 0.0294. The summed E-state index contributed by atoms with van der Waals surface area (Å²) in [6.07, 6.45) is 0. The molecule has 2 aromatic rings. The van der Waals surface area contributed by atoms with Crippen molar-refractivity contribution < 1.29 is 4.79 Å². The van der Waals surface area contributed by atoms with Gasteiger partial charge in [0.1, 0.15) is 0 Å². The minimum Gasteiger partial charge on any atom is -0.345 e. The SMILES string of the molecule is CCN(C)C(=O)CNC(c1cccs1)c1ccc(Cl)s1. The first-order valence-electron chi connectivity index (χ1n) is 6.37. The lowest BCUT2D eigenvalue weighted by Crippen LogP contribution is -2.36. The topological polar surface area (TPSA) is 32.3 Å². The average molecular weight is 329 g/mol. The lowest BCUT2D eigenvalue weighted by Gasteiger charge is -2.19. The van der Waals surface area contributed by atoms with Gasteiger partial charge in [-0.25, -0.2) is 0 Å². The maximum Gasteiger partial charge on any atom is 0.236 e. The van der Waals surface area contributed by atoms with Crippen LogP contribution < -0.4 is 5.32 Å². The molecule has 0 bridgehead atoms. The fourth-order valence-electron chi connectivity index (χ4n) is 1.78. The molecule has 1 amide bonds. The van der Waals surface area contributed by atoms with Crippen molar-refractivity contribution in [1.82, 2.24) is 10.2 Å². The van der Waals surface area contributed by atoms with E-state index in [1.54, 1.807) is 27.6 Å². The van der Waals surface area contributed by atoms with Gasteiger partial charge in [0.25, 0.3) is 0 Å². The van der Waals surface area contributed by atoms with Gasteiger partial charge in [0, 0.05) is 23.3 Å². The molecule has 0 fully saturated rings. The van der Waals surface area contributed by atoms with Crippen LogP contribution in [0, 0.1) is 0 Å². The molecule has 6 heteroatoms. The van der Waals surface area contributed by atoms with Gasteiger partial charge in [-0.05, 0) is 30.5 Å². The molecule has 20 heavy (non-hydrogen) atoms. The van der Waals surface area contributed by atoms with Crippen LogP contribution in [0.25, 0.3) is 0 Å². The summed E-state index contributed by atoms with van der Waals surface area (Å²) >= 11 is 9.24. The highest BCUT2D eigenvalue weighted by molar-refractivity contribution is 7.16. The zero-order valence-electron chi connectivity index (χ0n) is 11.4. The number of nitrogens with zero attached hydrogens (tertiary/aromatic N) is 1.